The van der Waals surface area contributed by atoms with Gasteiger partial charge >= 0.3 is 5.97 Å². The molecule has 0 atom stereocenters. The number of nitrogens with zero attached hydrogens (tertiary/aromatic N) is 1. The molecule has 1 aromatic heterocycles. The van der Waals surface area contributed by atoms with Crippen LogP contribution in [0.15, 0.2) is 46.5 Å². The van der Waals surface area contributed by atoms with Crippen molar-refractivity contribution in [1.29, 1.82) is 0 Å². The summed E-state index contributed by atoms with van der Waals surface area (Å²) >= 11 is 15.1. The van der Waals surface area contributed by atoms with Gasteiger partial charge in [-0.3, -0.25) is 0 Å². The van der Waals surface area contributed by atoms with Gasteiger partial charge in [0, 0.05) is 27.6 Å². The topological polar surface area (TPSA) is 50.2 Å². The van der Waals surface area contributed by atoms with E-state index in [0.29, 0.717) is 15.1 Å². The highest BCUT2D eigenvalue weighted by atomic mass is 35.5. The van der Waals surface area contributed by atoms with Gasteiger partial charge in [0.1, 0.15) is 0 Å². The largest absolute Gasteiger partial charge is 0.478 e. The summed E-state index contributed by atoms with van der Waals surface area (Å²) in [6.45, 7) is 0. The molecule has 0 fully saturated rings. The molecule has 0 aliphatic rings. The summed E-state index contributed by atoms with van der Waals surface area (Å²) in [4.78, 5) is 16.0. The average Bonchev–Trinajstić information content (AvgIpc) is 2.47. The van der Waals surface area contributed by atoms with E-state index in [1.165, 1.54) is 24.0 Å². The second kappa shape index (κ2) is 7.94. The van der Waals surface area contributed by atoms with Crippen LogP contribution in [0.2, 0.25) is 10.0 Å². The molecular formula is C14H11Cl2NO2S2. The van der Waals surface area contributed by atoms with Crippen LogP contribution in [0.3, 0.4) is 0 Å². The molecule has 2 aromatic rings. The number of rotatable bonds is 6. The lowest BCUT2D eigenvalue weighted by Gasteiger charge is -2.05. The molecule has 1 N–H and O–H groups in total. The molecule has 21 heavy (non-hydrogen) atoms. The normalized spacial score (nSPS) is 10.6. The highest BCUT2D eigenvalue weighted by molar-refractivity contribution is 8.03. The number of thioether (sulfide) groups is 2. The smallest absolute Gasteiger partial charge is 0.335 e. The number of aromatic carboxylic acids is 1. The number of aromatic nitrogens is 1. The lowest BCUT2D eigenvalue weighted by atomic mass is 10.3. The van der Waals surface area contributed by atoms with Crippen LogP contribution in [0.4, 0.5) is 0 Å². The Morgan fingerprint density at radius 3 is 2.67 bits per heavy atom. The molecule has 1 aromatic carbocycles. The van der Waals surface area contributed by atoms with E-state index in [1.54, 1.807) is 30.0 Å². The van der Waals surface area contributed by atoms with Crippen LogP contribution in [-0.2, 0) is 0 Å². The molecule has 2 rings (SSSR count). The Bertz CT molecular complexity index is 653. The Balaban J connectivity index is 1.86. The number of carboxylic acids is 1. The number of hydrogen-bond donors (Lipinski definition) is 1. The number of hydrogen-bond acceptors (Lipinski definition) is 4. The Kier molecular flexibility index (Phi) is 6.23. The number of pyridine rings is 1. The number of carboxylic acid groups (broad SMARTS) is 1. The zero-order valence-corrected chi connectivity index (χ0v) is 13.9. The maximum absolute atomic E-state index is 10.9. The van der Waals surface area contributed by atoms with Crippen LogP contribution >= 0.6 is 46.7 Å². The Labute approximate surface area is 141 Å². The molecule has 0 amide bonds. The van der Waals surface area contributed by atoms with Crippen LogP contribution in [0.1, 0.15) is 10.4 Å². The molecule has 3 nitrogen and oxygen atoms in total. The van der Waals surface area contributed by atoms with Gasteiger partial charge in [-0.25, -0.2) is 9.78 Å². The van der Waals surface area contributed by atoms with Gasteiger partial charge in [0.25, 0.3) is 0 Å². The third-order valence-electron chi connectivity index (χ3n) is 2.47. The van der Waals surface area contributed by atoms with Crippen LogP contribution < -0.4 is 0 Å². The van der Waals surface area contributed by atoms with Crippen molar-refractivity contribution >= 4 is 52.7 Å². The van der Waals surface area contributed by atoms with E-state index in [-0.39, 0.29) is 5.56 Å². The van der Waals surface area contributed by atoms with Gasteiger partial charge in [-0.2, -0.15) is 0 Å². The van der Waals surface area contributed by atoms with Crippen molar-refractivity contribution in [2.45, 2.75) is 9.92 Å². The average molecular weight is 360 g/mol. The van der Waals surface area contributed by atoms with Crippen molar-refractivity contribution in [3.05, 3.63) is 52.1 Å². The SMILES string of the molecule is O=C(O)c1ccnc(SCCSc2cc(Cl)ccc2Cl)c1. The minimum Gasteiger partial charge on any atom is -0.478 e. The zero-order chi connectivity index (χ0) is 15.2. The van der Waals surface area contributed by atoms with Gasteiger partial charge in [0.05, 0.1) is 15.6 Å². The Morgan fingerprint density at radius 2 is 1.90 bits per heavy atom. The quantitative estimate of drug-likeness (QED) is 0.582. The summed E-state index contributed by atoms with van der Waals surface area (Å²) in [5.74, 6) is 0.673. The van der Waals surface area contributed by atoms with E-state index in [2.05, 4.69) is 4.98 Å². The fourth-order valence-electron chi connectivity index (χ4n) is 1.51. The first-order valence-electron chi connectivity index (χ1n) is 5.96. The molecular weight excluding hydrogens is 349 g/mol. The first-order valence-corrected chi connectivity index (χ1v) is 8.69. The lowest BCUT2D eigenvalue weighted by molar-refractivity contribution is 0.0696. The zero-order valence-electron chi connectivity index (χ0n) is 10.8. The third kappa shape index (κ3) is 5.11. The van der Waals surface area contributed by atoms with Gasteiger partial charge < -0.3 is 5.11 Å². The molecule has 0 spiro atoms. The molecule has 0 bridgehead atoms. The van der Waals surface area contributed by atoms with E-state index in [4.69, 9.17) is 28.3 Å². The molecule has 0 unspecified atom stereocenters. The molecule has 0 aliphatic heterocycles. The van der Waals surface area contributed by atoms with Crippen LogP contribution in [0, 0.1) is 0 Å². The minimum absolute atomic E-state index is 0.248. The second-order valence-corrected chi connectivity index (χ2v) is 7.06. The van der Waals surface area contributed by atoms with E-state index >= 15 is 0 Å². The van der Waals surface area contributed by atoms with Crippen LogP contribution in [0.5, 0.6) is 0 Å². The van der Waals surface area contributed by atoms with Crippen molar-refractivity contribution < 1.29 is 9.90 Å². The van der Waals surface area contributed by atoms with Crippen molar-refractivity contribution in [2.24, 2.45) is 0 Å². The van der Waals surface area contributed by atoms with Crippen LogP contribution in [-0.4, -0.2) is 27.6 Å². The highest BCUT2D eigenvalue weighted by Gasteiger charge is 2.06. The molecule has 0 radical (unpaired) electrons. The van der Waals surface area contributed by atoms with Gasteiger partial charge in [-0.15, -0.1) is 23.5 Å². The maximum atomic E-state index is 10.9. The van der Waals surface area contributed by atoms with Gasteiger partial charge in [0.15, 0.2) is 0 Å². The summed E-state index contributed by atoms with van der Waals surface area (Å²) in [7, 11) is 0. The van der Waals surface area contributed by atoms with E-state index < -0.39 is 5.97 Å². The summed E-state index contributed by atoms with van der Waals surface area (Å²) in [5.41, 5.74) is 0.248. The molecule has 0 aliphatic carbocycles. The van der Waals surface area contributed by atoms with Crippen molar-refractivity contribution in [1.82, 2.24) is 4.98 Å². The summed E-state index contributed by atoms with van der Waals surface area (Å²) in [6, 6.07) is 8.42. The predicted molar refractivity (Wildman–Crippen MR) is 89.1 cm³/mol. The number of halogens is 2. The molecule has 0 saturated heterocycles. The van der Waals surface area contributed by atoms with E-state index in [0.717, 1.165) is 16.4 Å². The van der Waals surface area contributed by atoms with Crippen molar-refractivity contribution in [3.8, 4) is 0 Å². The third-order valence-corrected chi connectivity index (χ3v) is 5.39. The predicted octanol–water partition coefficient (Wildman–Crippen LogP) is 4.97. The van der Waals surface area contributed by atoms with Gasteiger partial charge in [-0.1, -0.05) is 23.2 Å². The van der Waals surface area contributed by atoms with Gasteiger partial charge in [-0.05, 0) is 30.3 Å². The monoisotopic (exact) mass is 359 g/mol. The first kappa shape index (κ1) is 16.5. The van der Waals surface area contributed by atoms with Gasteiger partial charge in [0.2, 0.25) is 0 Å². The first-order chi connectivity index (χ1) is 10.1. The summed E-state index contributed by atoms with van der Waals surface area (Å²) < 4.78 is 0. The minimum atomic E-state index is -0.945. The molecule has 0 saturated carbocycles. The standard InChI is InChI=1S/C14H11Cl2NO2S2/c15-10-1-2-11(16)12(8-10)20-5-6-21-13-7-9(14(18)19)3-4-17-13/h1-4,7-8H,5-6H2,(H,18,19). The molecule has 1 heterocycles. The fourth-order valence-corrected chi connectivity index (χ4v) is 3.88. The van der Waals surface area contributed by atoms with Crippen molar-refractivity contribution in [2.75, 3.05) is 11.5 Å². The van der Waals surface area contributed by atoms with Crippen molar-refractivity contribution in [3.63, 3.8) is 0 Å². The second-order valence-electron chi connectivity index (χ2n) is 3.96. The molecule has 7 heteroatoms. The Hall–Kier alpha value is -0.880. The maximum Gasteiger partial charge on any atom is 0.335 e. The number of carbonyl (C=O) groups is 1. The Morgan fingerprint density at radius 1 is 1.14 bits per heavy atom. The number of benzene rings is 1. The van der Waals surface area contributed by atoms with E-state index in [1.807, 2.05) is 6.07 Å². The van der Waals surface area contributed by atoms with E-state index in [9.17, 15) is 4.79 Å². The summed E-state index contributed by atoms with van der Waals surface area (Å²) in [5, 5.41) is 11.0. The molecule has 110 valence electrons. The highest BCUT2D eigenvalue weighted by Crippen LogP contribution is 2.30. The fraction of sp³-hybridized carbons (Fsp3) is 0.143. The lowest BCUT2D eigenvalue weighted by Crippen LogP contribution is -1.97. The summed E-state index contributed by atoms with van der Waals surface area (Å²) in [6.07, 6.45) is 1.51. The van der Waals surface area contributed by atoms with Crippen LogP contribution in [0.25, 0.3) is 0 Å².